The van der Waals surface area contributed by atoms with Gasteiger partial charge in [-0.3, -0.25) is 9.97 Å². The second kappa shape index (κ2) is 7.60. The topological polar surface area (TPSA) is 68.5 Å². The SMILES string of the molecule is Cc1cccc(C(Nc2cncc(-n3nc(C)cc3C)n2)c2ccccn2)c1. The van der Waals surface area contributed by atoms with Crippen LogP contribution in [-0.2, 0) is 0 Å². The quantitative estimate of drug-likeness (QED) is 0.571. The molecule has 1 aromatic carbocycles. The number of aromatic nitrogens is 5. The van der Waals surface area contributed by atoms with Crippen LogP contribution in [0, 0.1) is 20.8 Å². The fourth-order valence-corrected chi connectivity index (χ4v) is 3.26. The number of aryl methyl sites for hydroxylation is 3. The number of hydrogen-bond acceptors (Lipinski definition) is 5. The molecular weight excluding hydrogens is 348 g/mol. The summed E-state index contributed by atoms with van der Waals surface area (Å²) in [4.78, 5) is 13.6. The fraction of sp³-hybridized carbons (Fsp3) is 0.182. The van der Waals surface area contributed by atoms with Gasteiger partial charge in [-0.25, -0.2) is 9.67 Å². The molecule has 0 spiro atoms. The zero-order valence-electron chi connectivity index (χ0n) is 16.2. The van der Waals surface area contributed by atoms with Gasteiger partial charge in [0.15, 0.2) is 5.82 Å². The summed E-state index contributed by atoms with van der Waals surface area (Å²) in [7, 11) is 0. The van der Waals surface area contributed by atoms with Gasteiger partial charge in [-0.15, -0.1) is 0 Å². The maximum Gasteiger partial charge on any atom is 0.174 e. The molecule has 1 N–H and O–H groups in total. The normalized spacial score (nSPS) is 12.0. The van der Waals surface area contributed by atoms with Crippen molar-refractivity contribution in [3.8, 4) is 5.82 Å². The number of pyridine rings is 1. The molecular formula is C22H22N6. The summed E-state index contributed by atoms with van der Waals surface area (Å²) in [6.07, 6.45) is 5.24. The maximum absolute atomic E-state index is 4.73. The Morgan fingerprint density at radius 3 is 2.57 bits per heavy atom. The first kappa shape index (κ1) is 17.9. The molecule has 0 saturated carbocycles. The Labute approximate surface area is 164 Å². The second-order valence-electron chi connectivity index (χ2n) is 6.85. The molecule has 0 aliphatic rings. The summed E-state index contributed by atoms with van der Waals surface area (Å²) < 4.78 is 1.80. The van der Waals surface area contributed by atoms with E-state index in [0.717, 1.165) is 22.6 Å². The molecule has 0 aliphatic heterocycles. The van der Waals surface area contributed by atoms with Crippen molar-refractivity contribution in [2.24, 2.45) is 0 Å². The van der Waals surface area contributed by atoms with Gasteiger partial charge in [-0.2, -0.15) is 5.10 Å². The lowest BCUT2D eigenvalue weighted by molar-refractivity contribution is 0.794. The molecule has 1 atom stereocenters. The van der Waals surface area contributed by atoms with Crippen LogP contribution in [0.3, 0.4) is 0 Å². The molecule has 3 heterocycles. The molecule has 4 aromatic rings. The maximum atomic E-state index is 4.73. The minimum atomic E-state index is -0.133. The zero-order chi connectivity index (χ0) is 19.5. The Morgan fingerprint density at radius 1 is 0.964 bits per heavy atom. The number of anilines is 1. The van der Waals surface area contributed by atoms with Crippen LogP contribution in [0.2, 0.25) is 0 Å². The molecule has 4 rings (SSSR count). The van der Waals surface area contributed by atoms with Gasteiger partial charge in [0.05, 0.1) is 29.8 Å². The minimum Gasteiger partial charge on any atom is -0.356 e. The number of hydrogen-bond donors (Lipinski definition) is 1. The van der Waals surface area contributed by atoms with E-state index >= 15 is 0 Å². The Kier molecular flexibility index (Phi) is 4.85. The van der Waals surface area contributed by atoms with Gasteiger partial charge < -0.3 is 5.32 Å². The molecule has 140 valence electrons. The van der Waals surface area contributed by atoms with Crippen molar-refractivity contribution in [3.05, 3.63) is 95.3 Å². The van der Waals surface area contributed by atoms with Gasteiger partial charge in [0.1, 0.15) is 5.82 Å². The third kappa shape index (κ3) is 3.76. The number of nitrogens with one attached hydrogen (secondary N) is 1. The van der Waals surface area contributed by atoms with Crippen LogP contribution in [0.5, 0.6) is 0 Å². The molecule has 6 nitrogen and oxygen atoms in total. The fourth-order valence-electron chi connectivity index (χ4n) is 3.26. The lowest BCUT2D eigenvalue weighted by Crippen LogP contribution is -2.16. The van der Waals surface area contributed by atoms with E-state index in [2.05, 4.69) is 51.6 Å². The van der Waals surface area contributed by atoms with E-state index in [0.29, 0.717) is 11.6 Å². The smallest absolute Gasteiger partial charge is 0.174 e. The minimum absolute atomic E-state index is 0.133. The van der Waals surface area contributed by atoms with E-state index < -0.39 is 0 Å². The van der Waals surface area contributed by atoms with Gasteiger partial charge in [0, 0.05) is 11.9 Å². The van der Waals surface area contributed by atoms with Crippen molar-refractivity contribution >= 4 is 5.82 Å². The monoisotopic (exact) mass is 370 g/mol. The van der Waals surface area contributed by atoms with Crippen LogP contribution in [0.4, 0.5) is 5.82 Å². The van der Waals surface area contributed by atoms with Crippen molar-refractivity contribution in [2.45, 2.75) is 26.8 Å². The van der Waals surface area contributed by atoms with Crippen LogP contribution < -0.4 is 5.32 Å². The molecule has 28 heavy (non-hydrogen) atoms. The Balaban J connectivity index is 1.71. The number of benzene rings is 1. The summed E-state index contributed by atoms with van der Waals surface area (Å²) in [5.74, 6) is 1.35. The lowest BCUT2D eigenvalue weighted by Gasteiger charge is -2.20. The molecule has 1 unspecified atom stereocenters. The van der Waals surface area contributed by atoms with Gasteiger partial charge in [0.2, 0.25) is 0 Å². The molecule has 0 fully saturated rings. The molecule has 0 radical (unpaired) electrons. The third-order valence-corrected chi connectivity index (χ3v) is 4.50. The molecule has 0 bridgehead atoms. The van der Waals surface area contributed by atoms with Crippen LogP contribution >= 0.6 is 0 Å². The molecule has 0 saturated heterocycles. The summed E-state index contributed by atoms with van der Waals surface area (Å²) in [6.45, 7) is 6.06. The van der Waals surface area contributed by atoms with Gasteiger partial charge in [-0.1, -0.05) is 35.9 Å². The van der Waals surface area contributed by atoms with Crippen LogP contribution in [0.1, 0.15) is 34.3 Å². The summed E-state index contributed by atoms with van der Waals surface area (Å²) in [5.41, 5.74) is 5.21. The number of rotatable bonds is 5. The first-order valence-corrected chi connectivity index (χ1v) is 9.20. The largest absolute Gasteiger partial charge is 0.356 e. The summed E-state index contributed by atoms with van der Waals surface area (Å²) in [6, 6.07) is 16.2. The van der Waals surface area contributed by atoms with Crippen LogP contribution in [0.15, 0.2) is 67.1 Å². The van der Waals surface area contributed by atoms with Crippen molar-refractivity contribution in [3.63, 3.8) is 0 Å². The Morgan fingerprint density at radius 2 is 1.86 bits per heavy atom. The van der Waals surface area contributed by atoms with Crippen molar-refractivity contribution in [1.82, 2.24) is 24.7 Å². The molecule has 6 heteroatoms. The first-order chi connectivity index (χ1) is 13.6. The van der Waals surface area contributed by atoms with E-state index in [4.69, 9.17) is 4.98 Å². The van der Waals surface area contributed by atoms with Crippen molar-refractivity contribution < 1.29 is 0 Å². The second-order valence-corrected chi connectivity index (χ2v) is 6.85. The van der Waals surface area contributed by atoms with E-state index in [1.165, 1.54) is 5.56 Å². The molecule has 0 aliphatic carbocycles. The molecule has 0 amide bonds. The predicted octanol–water partition coefficient (Wildman–Crippen LogP) is 4.18. The van der Waals surface area contributed by atoms with E-state index in [9.17, 15) is 0 Å². The Bertz CT molecular complexity index is 1090. The van der Waals surface area contributed by atoms with Gasteiger partial charge in [0.25, 0.3) is 0 Å². The van der Waals surface area contributed by atoms with Gasteiger partial charge >= 0.3 is 0 Å². The predicted molar refractivity (Wildman–Crippen MR) is 110 cm³/mol. The van der Waals surface area contributed by atoms with Crippen molar-refractivity contribution in [2.75, 3.05) is 5.32 Å². The molecule has 3 aromatic heterocycles. The van der Waals surface area contributed by atoms with E-state index in [-0.39, 0.29) is 6.04 Å². The Hall–Kier alpha value is -3.54. The highest BCUT2D eigenvalue weighted by molar-refractivity contribution is 5.44. The van der Waals surface area contributed by atoms with Gasteiger partial charge in [-0.05, 0) is 44.5 Å². The first-order valence-electron chi connectivity index (χ1n) is 9.20. The van der Waals surface area contributed by atoms with E-state index in [1.54, 1.807) is 23.3 Å². The van der Waals surface area contributed by atoms with Crippen molar-refractivity contribution in [1.29, 1.82) is 0 Å². The summed E-state index contributed by atoms with van der Waals surface area (Å²) >= 11 is 0. The number of nitrogens with zero attached hydrogens (tertiary/aromatic N) is 5. The highest BCUT2D eigenvalue weighted by atomic mass is 15.3. The average Bonchev–Trinajstić information content (AvgIpc) is 3.05. The van der Waals surface area contributed by atoms with E-state index in [1.807, 2.05) is 38.1 Å². The third-order valence-electron chi connectivity index (χ3n) is 4.50. The lowest BCUT2D eigenvalue weighted by atomic mass is 10.0. The van der Waals surface area contributed by atoms with Crippen LogP contribution in [-0.4, -0.2) is 24.7 Å². The standard InChI is InChI=1S/C22H22N6/c1-15-7-6-8-18(11-15)22(19-9-4-5-10-24-19)26-20-13-23-14-21(25-20)28-17(3)12-16(2)27-28/h4-14,22H,1-3H3,(H,25,26). The van der Waals surface area contributed by atoms with Crippen LogP contribution in [0.25, 0.3) is 5.82 Å². The highest BCUT2D eigenvalue weighted by Crippen LogP contribution is 2.25. The zero-order valence-corrected chi connectivity index (χ0v) is 16.2. The average molecular weight is 370 g/mol. The summed E-state index contributed by atoms with van der Waals surface area (Å²) in [5, 5.41) is 8.00. The highest BCUT2D eigenvalue weighted by Gasteiger charge is 2.17.